The third kappa shape index (κ3) is 3.54. The van der Waals surface area contributed by atoms with Crippen LogP contribution in [0, 0.1) is 11.7 Å². The third-order valence-corrected chi connectivity index (χ3v) is 4.23. The maximum Gasteiger partial charge on any atom is 0.255 e. The van der Waals surface area contributed by atoms with Crippen molar-refractivity contribution in [3.8, 4) is 0 Å². The zero-order chi connectivity index (χ0) is 13.8. The van der Waals surface area contributed by atoms with Crippen molar-refractivity contribution in [1.82, 2.24) is 4.90 Å². The van der Waals surface area contributed by atoms with Crippen molar-refractivity contribution in [2.75, 3.05) is 19.6 Å². The zero-order valence-electron chi connectivity index (χ0n) is 10.7. The minimum absolute atomic E-state index is 0.104. The van der Waals surface area contributed by atoms with E-state index in [2.05, 4.69) is 15.9 Å². The molecule has 1 aromatic carbocycles. The van der Waals surface area contributed by atoms with Crippen LogP contribution in [0.1, 0.15) is 29.6 Å². The van der Waals surface area contributed by atoms with E-state index in [1.807, 2.05) is 4.90 Å². The van der Waals surface area contributed by atoms with Crippen molar-refractivity contribution in [2.45, 2.75) is 19.3 Å². The molecule has 1 aromatic rings. The summed E-state index contributed by atoms with van der Waals surface area (Å²) in [6.07, 6.45) is 3.04. The van der Waals surface area contributed by atoms with Crippen LogP contribution in [-0.4, -0.2) is 30.4 Å². The second-order valence-electron chi connectivity index (χ2n) is 4.96. The smallest absolute Gasteiger partial charge is 0.255 e. The highest BCUT2D eigenvalue weighted by Crippen LogP contribution is 2.24. The van der Waals surface area contributed by atoms with Gasteiger partial charge in [-0.1, -0.05) is 0 Å². The van der Waals surface area contributed by atoms with Gasteiger partial charge in [0.2, 0.25) is 0 Å². The van der Waals surface area contributed by atoms with Crippen LogP contribution in [0.5, 0.6) is 0 Å². The highest BCUT2D eigenvalue weighted by molar-refractivity contribution is 9.10. The zero-order valence-corrected chi connectivity index (χ0v) is 12.3. The van der Waals surface area contributed by atoms with E-state index in [-0.39, 0.29) is 11.7 Å². The van der Waals surface area contributed by atoms with Gasteiger partial charge in [-0.15, -0.1) is 0 Å². The molecule has 104 valence electrons. The number of likely N-dealkylation sites (tertiary alicyclic amines) is 1. The predicted octanol–water partition coefficient (Wildman–Crippen LogP) is 2.79. The number of amides is 1. The van der Waals surface area contributed by atoms with Crippen molar-refractivity contribution in [2.24, 2.45) is 11.7 Å². The van der Waals surface area contributed by atoms with Crippen LogP contribution in [0.2, 0.25) is 0 Å². The Bertz CT molecular complexity index is 465. The molecule has 0 bridgehead atoms. The van der Waals surface area contributed by atoms with E-state index in [4.69, 9.17) is 5.73 Å². The molecule has 1 unspecified atom stereocenters. The monoisotopic (exact) mass is 328 g/mol. The van der Waals surface area contributed by atoms with Gasteiger partial charge < -0.3 is 10.6 Å². The summed E-state index contributed by atoms with van der Waals surface area (Å²) in [4.78, 5) is 14.2. The van der Waals surface area contributed by atoms with E-state index in [9.17, 15) is 9.18 Å². The number of hydrogen-bond acceptors (Lipinski definition) is 2. The maximum atomic E-state index is 13.3. The Labute approximate surface area is 121 Å². The third-order valence-electron chi connectivity index (χ3n) is 3.54. The van der Waals surface area contributed by atoms with E-state index in [1.54, 1.807) is 6.07 Å². The fraction of sp³-hybridized carbons (Fsp3) is 0.500. The molecule has 1 saturated heterocycles. The quantitative estimate of drug-likeness (QED) is 0.927. The average molecular weight is 329 g/mol. The summed E-state index contributed by atoms with van der Waals surface area (Å²) in [5.74, 6) is -0.0230. The molecule has 1 heterocycles. The van der Waals surface area contributed by atoms with Crippen LogP contribution in [0.15, 0.2) is 22.7 Å². The van der Waals surface area contributed by atoms with Gasteiger partial charge >= 0.3 is 0 Å². The van der Waals surface area contributed by atoms with Gasteiger partial charge in [0.05, 0.1) is 5.56 Å². The van der Waals surface area contributed by atoms with Gasteiger partial charge in [-0.05, 0) is 65.9 Å². The van der Waals surface area contributed by atoms with Crippen molar-refractivity contribution in [3.05, 3.63) is 34.1 Å². The Morgan fingerprint density at radius 3 is 3.05 bits per heavy atom. The van der Waals surface area contributed by atoms with Crippen LogP contribution >= 0.6 is 15.9 Å². The lowest BCUT2D eigenvalue weighted by Gasteiger charge is -2.33. The number of piperidine rings is 1. The minimum atomic E-state index is -0.387. The topological polar surface area (TPSA) is 46.3 Å². The fourth-order valence-corrected chi connectivity index (χ4v) is 2.97. The molecule has 1 amide bonds. The molecule has 0 aliphatic carbocycles. The van der Waals surface area contributed by atoms with Crippen molar-refractivity contribution < 1.29 is 9.18 Å². The molecule has 5 heteroatoms. The second kappa shape index (κ2) is 6.48. The van der Waals surface area contributed by atoms with Crippen LogP contribution in [0.3, 0.4) is 0 Å². The maximum absolute atomic E-state index is 13.3. The standard InChI is InChI=1S/C14H18BrFN2O/c15-13-4-3-11(16)8-12(13)14(19)18-7-1-2-10(9-18)5-6-17/h3-4,8,10H,1-2,5-7,9,17H2. The van der Waals surface area contributed by atoms with Gasteiger partial charge in [0, 0.05) is 17.6 Å². The molecule has 2 N–H and O–H groups in total. The number of halogens is 2. The molecule has 1 aliphatic heterocycles. The number of nitrogens with two attached hydrogens (primary N) is 1. The Morgan fingerprint density at radius 1 is 1.53 bits per heavy atom. The van der Waals surface area contributed by atoms with Gasteiger partial charge in [-0.25, -0.2) is 4.39 Å². The Morgan fingerprint density at radius 2 is 2.32 bits per heavy atom. The van der Waals surface area contributed by atoms with Gasteiger partial charge in [-0.2, -0.15) is 0 Å². The van der Waals surface area contributed by atoms with Crippen LogP contribution in [-0.2, 0) is 0 Å². The summed E-state index contributed by atoms with van der Waals surface area (Å²) in [6.45, 7) is 2.11. The average Bonchev–Trinajstić information content (AvgIpc) is 2.41. The summed E-state index contributed by atoms with van der Waals surface area (Å²) in [6, 6.07) is 4.21. The molecule has 0 saturated carbocycles. The second-order valence-corrected chi connectivity index (χ2v) is 5.82. The molecular weight excluding hydrogens is 311 g/mol. The van der Waals surface area contributed by atoms with E-state index in [1.165, 1.54) is 12.1 Å². The van der Waals surface area contributed by atoms with Gasteiger partial charge in [0.25, 0.3) is 5.91 Å². The number of carbonyl (C=O) groups excluding carboxylic acids is 1. The molecule has 2 rings (SSSR count). The fourth-order valence-electron chi connectivity index (χ4n) is 2.55. The molecule has 1 atom stereocenters. The highest BCUT2D eigenvalue weighted by Gasteiger charge is 2.25. The summed E-state index contributed by atoms with van der Waals surface area (Å²) in [7, 11) is 0. The van der Waals surface area contributed by atoms with E-state index in [0.29, 0.717) is 22.5 Å². The highest BCUT2D eigenvalue weighted by atomic mass is 79.9. The van der Waals surface area contributed by atoms with Gasteiger partial charge in [0.1, 0.15) is 5.82 Å². The summed E-state index contributed by atoms with van der Waals surface area (Å²) >= 11 is 3.31. The predicted molar refractivity (Wildman–Crippen MR) is 76.4 cm³/mol. The van der Waals surface area contributed by atoms with E-state index in [0.717, 1.165) is 32.4 Å². The van der Waals surface area contributed by atoms with E-state index >= 15 is 0 Å². The molecule has 19 heavy (non-hydrogen) atoms. The molecule has 0 aromatic heterocycles. The number of benzene rings is 1. The molecule has 0 spiro atoms. The Hall–Kier alpha value is -0.940. The summed E-state index contributed by atoms with van der Waals surface area (Å²) < 4.78 is 13.9. The number of carbonyl (C=O) groups is 1. The SMILES string of the molecule is NCCC1CCCN(C(=O)c2cc(F)ccc2Br)C1. The molecule has 3 nitrogen and oxygen atoms in total. The molecular formula is C14H18BrFN2O. The molecule has 0 radical (unpaired) electrons. The van der Waals surface area contributed by atoms with Crippen LogP contribution in [0.4, 0.5) is 4.39 Å². The summed E-state index contributed by atoms with van der Waals surface area (Å²) in [5, 5.41) is 0. The Balaban J connectivity index is 2.12. The van der Waals surface area contributed by atoms with Crippen LogP contribution in [0.25, 0.3) is 0 Å². The lowest BCUT2D eigenvalue weighted by molar-refractivity contribution is 0.0668. The number of nitrogens with zero attached hydrogens (tertiary/aromatic N) is 1. The Kier molecular flexibility index (Phi) is 4.93. The largest absolute Gasteiger partial charge is 0.338 e. The number of hydrogen-bond donors (Lipinski definition) is 1. The summed E-state index contributed by atoms with van der Waals surface area (Å²) in [5.41, 5.74) is 5.97. The first kappa shape index (κ1) is 14.5. The lowest BCUT2D eigenvalue weighted by Crippen LogP contribution is -2.40. The molecule has 1 aliphatic rings. The first-order chi connectivity index (χ1) is 9.11. The van der Waals surface area contributed by atoms with Gasteiger partial charge in [0.15, 0.2) is 0 Å². The minimum Gasteiger partial charge on any atom is -0.338 e. The number of rotatable bonds is 3. The normalized spacial score (nSPS) is 19.5. The molecule has 1 fully saturated rings. The van der Waals surface area contributed by atoms with Crippen molar-refractivity contribution in [1.29, 1.82) is 0 Å². The van der Waals surface area contributed by atoms with Gasteiger partial charge in [-0.3, -0.25) is 4.79 Å². The van der Waals surface area contributed by atoms with E-state index < -0.39 is 0 Å². The van der Waals surface area contributed by atoms with Crippen LogP contribution < -0.4 is 5.73 Å². The van der Waals surface area contributed by atoms with Crippen molar-refractivity contribution >= 4 is 21.8 Å². The van der Waals surface area contributed by atoms with Crippen molar-refractivity contribution in [3.63, 3.8) is 0 Å². The first-order valence-electron chi connectivity index (χ1n) is 6.56. The lowest BCUT2D eigenvalue weighted by atomic mass is 9.94. The first-order valence-corrected chi connectivity index (χ1v) is 7.35.